The van der Waals surface area contributed by atoms with E-state index in [9.17, 15) is 0 Å². The molecule has 1 nitrogen and oxygen atoms in total. The Morgan fingerprint density at radius 3 is 1.63 bits per heavy atom. The molecule has 290 valence electrons. The summed E-state index contributed by atoms with van der Waals surface area (Å²) in [6, 6.07) is 91.7. The van der Waals surface area contributed by atoms with Crippen molar-refractivity contribution < 1.29 is 0 Å². The van der Waals surface area contributed by atoms with Gasteiger partial charge < -0.3 is 4.90 Å². The van der Waals surface area contributed by atoms with Crippen LogP contribution in [0.4, 0.5) is 17.1 Å². The van der Waals surface area contributed by atoms with Gasteiger partial charge in [-0.3, -0.25) is 0 Å². The summed E-state index contributed by atoms with van der Waals surface area (Å²) in [6.07, 6.45) is 0. The van der Waals surface area contributed by atoms with E-state index in [-0.39, 0.29) is 0 Å². The molecule has 0 spiro atoms. The summed E-state index contributed by atoms with van der Waals surface area (Å²) in [5.41, 5.74) is 15.2. The second-order valence-electron chi connectivity index (χ2n) is 16.4. The minimum atomic E-state index is -0.512. The van der Waals surface area contributed by atoms with Gasteiger partial charge in [0.2, 0.25) is 0 Å². The molecule has 62 heavy (non-hydrogen) atoms. The van der Waals surface area contributed by atoms with Crippen LogP contribution in [0.1, 0.15) is 22.3 Å². The van der Waals surface area contributed by atoms with E-state index in [4.69, 9.17) is 0 Å². The van der Waals surface area contributed by atoms with E-state index in [2.05, 4.69) is 254 Å². The first-order chi connectivity index (χ1) is 30.8. The summed E-state index contributed by atoms with van der Waals surface area (Å²) in [5, 5.41) is 7.48. The molecule has 11 aromatic carbocycles. The molecule has 0 saturated carbocycles. The quantitative estimate of drug-likeness (QED) is 0.145. The van der Waals surface area contributed by atoms with Crippen molar-refractivity contribution in [3.8, 4) is 33.4 Å². The molecule has 1 aliphatic rings. The van der Waals surface area contributed by atoms with Gasteiger partial charge in [0.1, 0.15) is 0 Å². The van der Waals surface area contributed by atoms with Crippen molar-refractivity contribution in [2.24, 2.45) is 0 Å². The summed E-state index contributed by atoms with van der Waals surface area (Å²) in [4.78, 5) is 2.49. The highest BCUT2D eigenvalue weighted by Gasteiger charge is 2.47. The SMILES string of the molecule is c1ccc(C2(c3ccccc3)c3ccccc3-c3c(N(c4cccc(-c5cccc(-c6cccc7ccccc67)c5)c4)c4ccc5c(ccc6ccccc65)c4)cccc32)cc1. The second kappa shape index (κ2) is 14.6. The number of hydrogen-bond donors (Lipinski definition) is 0. The topological polar surface area (TPSA) is 3.24 Å². The molecule has 12 rings (SSSR count). The van der Waals surface area contributed by atoms with Crippen molar-refractivity contribution in [1.82, 2.24) is 0 Å². The Labute approximate surface area is 362 Å². The van der Waals surface area contributed by atoms with Crippen LogP contribution in [0, 0.1) is 0 Å². The van der Waals surface area contributed by atoms with E-state index in [1.807, 2.05) is 0 Å². The third-order valence-electron chi connectivity index (χ3n) is 13.1. The molecule has 0 N–H and O–H groups in total. The number of benzene rings is 11. The van der Waals surface area contributed by atoms with Crippen LogP contribution in [-0.2, 0) is 5.41 Å². The molecule has 0 heterocycles. The first-order valence-electron chi connectivity index (χ1n) is 21.5. The van der Waals surface area contributed by atoms with Gasteiger partial charge in [0.25, 0.3) is 0 Å². The van der Waals surface area contributed by atoms with Gasteiger partial charge in [0, 0.05) is 16.9 Å². The van der Waals surface area contributed by atoms with E-state index in [1.165, 1.54) is 82.4 Å². The summed E-state index contributed by atoms with van der Waals surface area (Å²) in [7, 11) is 0. The number of rotatable bonds is 7. The van der Waals surface area contributed by atoms with Crippen LogP contribution < -0.4 is 4.90 Å². The minimum Gasteiger partial charge on any atom is -0.310 e. The van der Waals surface area contributed by atoms with Crippen molar-refractivity contribution in [3.63, 3.8) is 0 Å². The molecule has 1 heteroatoms. The molecule has 0 unspecified atom stereocenters. The predicted molar refractivity (Wildman–Crippen MR) is 262 cm³/mol. The second-order valence-corrected chi connectivity index (χ2v) is 16.4. The normalized spacial score (nSPS) is 12.6. The molecule has 11 aromatic rings. The average Bonchev–Trinajstić information content (AvgIpc) is 3.66. The number of fused-ring (bicyclic) bond motifs is 7. The summed E-state index contributed by atoms with van der Waals surface area (Å²) in [5.74, 6) is 0. The maximum absolute atomic E-state index is 2.49. The number of anilines is 3. The lowest BCUT2D eigenvalue weighted by Gasteiger charge is -2.34. The Balaban J connectivity index is 1.10. The lowest BCUT2D eigenvalue weighted by atomic mass is 9.68. The predicted octanol–water partition coefficient (Wildman–Crippen LogP) is 16.3. The fourth-order valence-electron chi connectivity index (χ4n) is 10.4. The minimum absolute atomic E-state index is 0.512. The fraction of sp³-hybridized carbons (Fsp3) is 0.0164. The van der Waals surface area contributed by atoms with E-state index in [1.54, 1.807) is 0 Å². The molecule has 0 fully saturated rings. The van der Waals surface area contributed by atoms with Crippen molar-refractivity contribution in [2.75, 3.05) is 4.90 Å². The Morgan fingerprint density at radius 1 is 0.290 bits per heavy atom. The lowest BCUT2D eigenvalue weighted by Crippen LogP contribution is -2.28. The monoisotopic (exact) mass is 787 g/mol. The first kappa shape index (κ1) is 35.9. The third-order valence-corrected chi connectivity index (χ3v) is 13.1. The Bertz CT molecular complexity index is 3430. The largest absolute Gasteiger partial charge is 0.310 e. The maximum Gasteiger partial charge on any atom is 0.0714 e. The Hall–Kier alpha value is -8.00. The zero-order valence-electron chi connectivity index (χ0n) is 34.1. The smallest absolute Gasteiger partial charge is 0.0714 e. The maximum atomic E-state index is 2.49. The van der Waals surface area contributed by atoms with Crippen molar-refractivity contribution in [1.29, 1.82) is 0 Å². The van der Waals surface area contributed by atoms with E-state index in [0.717, 1.165) is 22.6 Å². The molecule has 0 saturated heterocycles. The summed E-state index contributed by atoms with van der Waals surface area (Å²) < 4.78 is 0. The molecule has 0 aliphatic heterocycles. The average molecular weight is 788 g/mol. The van der Waals surface area contributed by atoms with Crippen LogP contribution in [0.15, 0.2) is 249 Å². The third kappa shape index (κ3) is 5.63. The standard InChI is InChI=1S/C61H41N/c1-3-23-48(24-4-1)61(49-25-5-2-6-26-49)57-32-12-11-30-56(57)60-58(61)33-16-34-59(60)62(51-37-38-55-47(41-51)36-35-43-18-8-10-29-53(43)55)50-27-14-21-45(40-50)44-20-13-22-46(39-44)54-31-15-19-42-17-7-9-28-52(42)54/h1-41H. The molecular weight excluding hydrogens is 747 g/mol. The zero-order chi connectivity index (χ0) is 41.0. The van der Waals surface area contributed by atoms with Crippen molar-refractivity contribution in [3.05, 3.63) is 271 Å². The molecule has 0 bridgehead atoms. The fourth-order valence-corrected chi connectivity index (χ4v) is 10.4. The van der Waals surface area contributed by atoms with Gasteiger partial charge in [-0.25, -0.2) is 0 Å². The number of nitrogens with zero attached hydrogens (tertiary/aromatic N) is 1. The lowest BCUT2D eigenvalue weighted by molar-refractivity contribution is 0.768. The molecule has 0 radical (unpaired) electrons. The zero-order valence-corrected chi connectivity index (χ0v) is 34.1. The molecule has 0 aromatic heterocycles. The van der Waals surface area contributed by atoms with Gasteiger partial charge in [0.15, 0.2) is 0 Å². The van der Waals surface area contributed by atoms with Gasteiger partial charge in [-0.2, -0.15) is 0 Å². The molecular formula is C61H41N. The highest BCUT2D eigenvalue weighted by atomic mass is 15.1. The summed E-state index contributed by atoms with van der Waals surface area (Å²) >= 11 is 0. The van der Waals surface area contributed by atoms with Crippen molar-refractivity contribution in [2.45, 2.75) is 5.41 Å². The van der Waals surface area contributed by atoms with Gasteiger partial charge in [-0.15, -0.1) is 0 Å². The van der Waals surface area contributed by atoms with Gasteiger partial charge in [-0.1, -0.05) is 212 Å². The highest BCUT2D eigenvalue weighted by molar-refractivity contribution is 6.09. The Kier molecular flexibility index (Phi) is 8.47. The first-order valence-corrected chi connectivity index (χ1v) is 21.5. The van der Waals surface area contributed by atoms with Gasteiger partial charge in [-0.05, 0) is 119 Å². The van der Waals surface area contributed by atoms with Gasteiger partial charge >= 0.3 is 0 Å². The van der Waals surface area contributed by atoms with Crippen LogP contribution in [0.25, 0.3) is 65.7 Å². The van der Waals surface area contributed by atoms with E-state index < -0.39 is 5.41 Å². The number of hydrogen-bond acceptors (Lipinski definition) is 1. The molecule has 1 aliphatic carbocycles. The van der Waals surface area contributed by atoms with Crippen LogP contribution in [-0.4, -0.2) is 0 Å². The van der Waals surface area contributed by atoms with Gasteiger partial charge in [0.05, 0.1) is 11.1 Å². The van der Waals surface area contributed by atoms with Crippen molar-refractivity contribution >= 4 is 49.4 Å². The highest BCUT2D eigenvalue weighted by Crippen LogP contribution is 2.59. The summed E-state index contributed by atoms with van der Waals surface area (Å²) in [6.45, 7) is 0. The van der Waals surface area contributed by atoms with Crippen LogP contribution in [0.3, 0.4) is 0 Å². The van der Waals surface area contributed by atoms with Crippen LogP contribution >= 0.6 is 0 Å². The van der Waals surface area contributed by atoms with Crippen LogP contribution in [0.2, 0.25) is 0 Å². The Morgan fingerprint density at radius 2 is 0.823 bits per heavy atom. The molecule has 0 amide bonds. The van der Waals surface area contributed by atoms with E-state index >= 15 is 0 Å². The van der Waals surface area contributed by atoms with E-state index in [0.29, 0.717) is 0 Å². The van der Waals surface area contributed by atoms with Crippen LogP contribution in [0.5, 0.6) is 0 Å². The molecule has 0 atom stereocenters.